The van der Waals surface area contributed by atoms with Crippen LogP contribution in [0.25, 0.3) is 11.3 Å². The third-order valence-electron chi connectivity index (χ3n) is 4.68. The van der Waals surface area contributed by atoms with Crippen LogP contribution in [0.2, 0.25) is 0 Å². The highest BCUT2D eigenvalue weighted by molar-refractivity contribution is 5.91. The normalized spacial score (nSPS) is 11.6. The first-order valence-electron chi connectivity index (χ1n) is 10.2. The van der Waals surface area contributed by atoms with Gasteiger partial charge in [-0.05, 0) is 49.2 Å². The highest BCUT2D eigenvalue weighted by Crippen LogP contribution is 2.22. The predicted molar refractivity (Wildman–Crippen MR) is 115 cm³/mol. The van der Waals surface area contributed by atoms with Crippen molar-refractivity contribution in [2.24, 2.45) is 5.92 Å². The molecule has 162 valence electrons. The van der Waals surface area contributed by atoms with Gasteiger partial charge in [-0.2, -0.15) is 0 Å². The van der Waals surface area contributed by atoms with Crippen molar-refractivity contribution in [3.63, 3.8) is 0 Å². The van der Waals surface area contributed by atoms with Crippen LogP contribution >= 0.6 is 0 Å². The van der Waals surface area contributed by atoms with E-state index in [1.165, 1.54) is 24.5 Å². The van der Waals surface area contributed by atoms with Gasteiger partial charge in [0.2, 0.25) is 5.88 Å². The molecule has 1 heterocycles. The first-order chi connectivity index (χ1) is 15.0. The zero-order valence-electron chi connectivity index (χ0n) is 17.8. The first kappa shape index (κ1) is 22.2. The Labute approximate surface area is 181 Å². The molecule has 0 spiro atoms. The molecular formula is C24H25FN2O4. The molecule has 3 rings (SSSR count). The molecule has 0 radical (unpaired) electrons. The number of carbonyl (C=O) groups excluding carboxylic acids is 1. The molecule has 6 nitrogen and oxygen atoms in total. The predicted octanol–water partition coefficient (Wildman–Crippen LogP) is 5.33. The van der Waals surface area contributed by atoms with Gasteiger partial charge in [0.15, 0.2) is 0 Å². The number of hydrogen-bond donors (Lipinski definition) is 0. The summed E-state index contributed by atoms with van der Waals surface area (Å²) in [5.74, 6) is 0.0333. The van der Waals surface area contributed by atoms with Crippen molar-refractivity contribution in [3.05, 3.63) is 66.2 Å². The quantitative estimate of drug-likeness (QED) is 0.433. The van der Waals surface area contributed by atoms with E-state index < -0.39 is 11.8 Å². The summed E-state index contributed by atoms with van der Waals surface area (Å²) in [7, 11) is 0. The van der Waals surface area contributed by atoms with Gasteiger partial charge in [-0.15, -0.1) is 0 Å². The average Bonchev–Trinajstić information content (AvgIpc) is 2.78. The number of hydrogen-bond acceptors (Lipinski definition) is 6. The molecule has 0 saturated heterocycles. The second-order valence-corrected chi connectivity index (χ2v) is 7.05. The van der Waals surface area contributed by atoms with Crippen LogP contribution in [0.5, 0.6) is 17.4 Å². The first-order valence-corrected chi connectivity index (χ1v) is 10.2. The topological polar surface area (TPSA) is 70.5 Å². The summed E-state index contributed by atoms with van der Waals surface area (Å²) in [6.45, 7) is 7.14. The van der Waals surface area contributed by atoms with E-state index in [9.17, 15) is 9.18 Å². The van der Waals surface area contributed by atoms with Gasteiger partial charge in [0, 0.05) is 11.6 Å². The maximum Gasteiger partial charge on any atom is 0.347 e. The lowest BCUT2D eigenvalue weighted by atomic mass is 10.1. The van der Waals surface area contributed by atoms with Crippen molar-refractivity contribution < 1.29 is 23.4 Å². The van der Waals surface area contributed by atoms with Crippen LogP contribution in [-0.4, -0.2) is 29.2 Å². The maximum atomic E-state index is 14.1. The maximum absolute atomic E-state index is 14.1. The van der Waals surface area contributed by atoms with Crippen LogP contribution in [0.4, 0.5) is 4.39 Å². The van der Waals surface area contributed by atoms with Crippen LogP contribution in [-0.2, 0) is 0 Å². The largest absolute Gasteiger partial charge is 0.494 e. The Morgan fingerprint density at radius 1 is 1.00 bits per heavy atom. The standard InChI is InChI=1S/C24H25FN2O4/c1-4-16(3)15-30-18-8-6-17(7-9-18)22-13-27-23(14-26-22)31-24(28)20-11-10-19(29-5-2)12-21(20)25/h6-14,16H,4-5,15H2,1-3H3. The van der Waals surface area contributed by atoms with Crippen LogP contribution in [0, 0.1) is 11.7 Å². The molecule has 0 aliphatic heterocycles. The fraction of sp³-hybridized carbons (Fsp3) is 0.292. The molecule has 0 N–H and O–H groups in total. The molecule has 0 bridgehead atoms. The van der Waals surface area contributed by atoms with Crippen LogP contribution in [0.3, 0.4) is 0 Å². The minimum absolute atomic E-state index is 0.0180. The summed E-state index contributed by atoms with van der Waals surface area (Å²) in [6, 6.07) is 11.5. The molecule has 1 atom stereocenters. The highest BCUT2D eigenvalue weighted by atomic mass is 19.1. The van der Waals surface area contributed by atoms with Gasteiger partial charge in [0.25, 0.3) is 0 Å². The number of esters is 1. The van der Waals surface area contributed by atoms with E-state index in [1.54, 1.807) is 6.92 Å². The Bertz CT molecular complexity index is 1010. The van der Waals surface area contributed by atoms with E-state index in [-0.39, 0.29) is 11.4 Å². The summed E-state index contributed by atoms with van der Waals surface area (Å²) in [5.41, 5.74) is 1.25. The molecular weight excluding hydrogens is 399 g/mol. The van der Waals surface area contributed by atoms with E-state index in [0.717, 1.165) is 23.8 Å². The Hall–Kier alpha value is -3.48. The van der Waals surface area contributed by atoms with Crippen molar-refractivity contribution in [1.29, 1.82) is 0 Å². The smallest absolute Gasteiger partial charge is 0.347 e. The zero-order chi connectivity index (χ0) is 22.2. The summed E-state index contributed by atoms with van der Waals surface area (Å²) in [6.07, 6.45) is 3.88. The Kier molecular flexibility index (Phi) is 7.54. The van der Waals surface area contributed by atoms with Crippen molar-refractivity contribution in [2.45, 2.75) is 27.2 Å². The lowest BCUT2D eigenvalue weighted by molar-refractivity contribution is 0.0722. The summed E-state index contributed by atoms with van der Waals surface area (Å²) >= 11 is 0. The molecule has 7 heteroatoms. The summed E-state index contributed by atoms with van der Waals surface area (Å²) in [5, 5.41) is 0. The molecule has 1 aromatic heterocycles. The van der Waals surface area contributed by atoms with E-state index in [1.807, 2.05) is 24.3 Å². The van der Waals surface area contributed by atoms with E-state index >= 15 is 0 Å². The number of halogens is 1. The van der Waals surface area contributed by atoms with Crippen molar-refractivity contribution >= 4 is 5.97 Å². The summed E-state index contributed by atoms with van der Waals surface area (Å²) < 4.78 is 30.2. The molecule has 1 unspecified atom stereocenters. The van der Waals surface area contributed by atoms with Gasteiger partial charge >= 0.3 is 5.97 Å². The minimum Gasteiger partial charge on any atom is -0.494 e. The van der Waals surface area contributed by atoms with E-state index in [4.69, 9.17) is 14.2 Å². The monoisotopic (exact) mass is 424 g/mol. The summed E-state index contributed by atoms with van der Waals surface area (Å²) in [4.78, 5) is 20.6. The van der Waals surface area contributed by atoms with Gasteiger partial charge in [-0.25, -0.2) is 19.2 Å². The molecule has 0 saturated carbocycles. The van der Waals surface area contributed by atoms with Crippen LogP contribution < -0.4 is 14.2 Å². The van der Waals surface area contributed by atoms with Crippen molar-refractivity contribution in [2.75, 3.05) is 13.2 Å². The van der Waals surface area contributed by atoms with Crippen LogP contribution in [0.1, 0.15) is 37.6 Å². The Balaban J connectivity index is 1.63. The molecule has 0 aliphatic rings. The SMILES string of the molecule is CCOc1ccc(C(=O)Oc2cnc(-c3ccc(OCC(C)CC)cc3)cn2)c(F)c1. The number of carbonyl (C=O) groups is 1. The number of ether oxygens (including phenoxy) is 3. The molecule has 3 aromatic rings. The van der Waals surface area contributed by atoms with Crippen molar-refractivity contribution in [1.82, 2.24) is 9.97 Å². The molecule has 0 aliphatic carbocycles. The molecule has 2 aromatic carbocycles. The lowest BCUT2D eigenvalue weighted by Gasteiger charge is -2.11. The van der Waals surface area contributed by atoms with Gasteiger partial charge in [0.05, 0.1) is 36.9 Å². The number of rotatable bonds is 9. The van der Waals surface area contributed by atoms with E-state index in [2.05, 4.69) is 23.8 Å². The number of nitrogens with zero attached hydrogens (tertiary/aromatic N) is 2. The van der Waals surface area contributed by atoms with Gasteiger partial charge < -0.3 is 14.2 Å². The van der Waals surface area contributed by atoms with Gasteiger partial charge in [0.1, 0.15) is 17.3 Å². The second kappa shape index (κ2) is 10.5. The zero-order valence-corrected chi connectivity index (χ0v) is 17.8. The number of benzene rings is 2. The highest BCUT2D eigenvalue weighted by Gasteiger charge is 2.16. The third-order valence-corrected chi connectivity index (χ3v) is 4.68. The van der Waals surface area contributed by atoms with E-state index in [0.29, 0.717) is 30.6 Å². The molecule has 31 heavy (non-hydrogen) atoms. The van der Waals surface area contributed by atoms with Crippen LogP contribution in [0.15, 0.2) is 54.9 Å². The van der Waals surface area contributed by atoms with Crippen molar-refractivity contribution in [3.8, 4) is 28.6 Å². The molecule has 0 fully saturated rings. The third kappa shape index (κ3) is 6.01. The van der Waals surface area contributed by atoms with Gasteiger partial charge in [-0.3, -0.25) is 0 Å². The Morgan fingerprint density at radius 2 is 1.74 bits per heavy atom. The molecule has 0 amide bonds. The second-order valence-electron chi connectivity index (χ2n) is 7.05. The average molecular weight is 424 g/mol. The number of aromatic nitrogens is 2. The lowest BCUT2D eigenvalue weighted by Crippen LogP contribution is -2.12. The fourth-order valence-electron chi connectivity index (χ4n) is 2.66. The minimum atomic E-state index is -0.856. The Morgan fingerprint density at radius 3 is 2.35 bits per heavy atom. The fourth-order valence-corrected chi connectivity index (χ4v) is 2.66. The van der Waals surface area contributed by atoms with Gasteiger partial charge in [-0.1, -0.05) is 20.3 Å².